The second-order valence-electron chi connectivity index (χ2n) is 2.53. The maximum absolute atomic E-state index is 11.4. The summed E-state index contributed by atoms with van der Waals surface area (Å²) in [7, 11) is 0. The molecule has 72 valence electrons. The Balaban J connectivity index is 2.92. The third-order valence-electron chi connectivity index (χ3n) is 1.50. The highest BCUT2D eigenvalue weighted by Gasteiger charge is 2.10. The maximum Gasteiger partial charge on any atom is 0.329 e. The normalized spacial score (nSPS) is 11.1. The molecule has 1 aromatic carbocycles. The van der Waals surface area contributed by atoms with Gasteiger partial charge < -0.3 is 5.11 Å². The van der Waals surface area contributed by atoms with Crippen LogP contribution in [0.3, 0.4) is 0 Å². The van der Waals surface area contributed by atoms with Crippen LogP contribution in [-0.2, 0) is 4.79 Å². The standard InChI is InChI=1S/C10H7ClO3/c11-8(6-9(12)13)10(14)7-4-2-1-3-5-7/h1-6H,(H,12,13)/b8-6+. The average Bonchev–Trinajstić information content (AvgIpc) is 2.17. The number of Topliss-reactive ketones (excluding diaryl/α,β-unsaturated/α-hetero) is 1. The predicted molar refractivity (Wildman–Crippen MR) is 52.3 cm³/mol. The van der Waals surface area contributed by atoms with Crippen molar-refractivity contribution in [3.8, 4) is 0 Å². The van der Waals surface area contributed by atoms with Gasteiger partial charge in [0.15, 0.2) is 0 Å². The van der Waals surface area contributed by atoms with Crippen molar-refractivity contribution in [1.82, 2.24) is 0 Å². The summed E-state index contributed by atoms with van der Waals surface area (Å²) in [5, 5.41) is 8.06. The molecule has 4 heteroatoms. The van der Waals surface area contributed by atoms with Gasteiger partial charge in [-0.05, 0) is 0 Å². The predicted octanol–water partition coefficient (Wildman–Crippen LogP) is 2.08. The van der Waals surface area contributed by atoms with Crippen molar-refractivity contribution in [3.05, 3.63) is 47.0 Å². The summed E-state index contributed by atoms with van der Waals surface area (Å²) >= 11 is 5.49. The molecule has 0 aromatic heterocycles. The molecule has 14 heavy (non-hydrogen) atoms. The van der Waals surface area contributed by atoms with Crippen LogP contribution in [0.2, 0.25) is 0 Å². The van der Waals surface area contributed by atoms with E-state index >= 15 is 0 Å². The Hall–Kier alpha value is -1.61. The van der Waals surface area contributed by atoms with Crippen LogP contribution in [0.15, 0.2) is 41.4 Å². The summed E-state index contributed by atoms with van der Waals surface area (Å²) in [5.74, 6) is -1.73. The summed E-state index contributed by atoms with van der Waals surface area (Å²) in [6.45, 7) is 0. The molecule has 1 rings (SSSR count). The number of allylic oxidation sites excluding steroid dienone is 1. The molecule has 1 aromatic rings. The minimum Gasteiger partial charge on any atom is -0.478 e. The lowest BCUT2D eigenvalue weighted by atomic mass is 10.1. The Labute approximate surface area is 85.6 Å². The molecule has 3 nitrogen and oxygen atoms in total. The fourth-order valence-electron chi connectivity index (χ4n) is 0.901. The Kier molecular flexibility index (Phi) is 3.42. The van der Waals surface area contributed by atoms with E-state index in [0.29, 0.717) is 11.6 Å². The number of rotatable bonds is 3. The molecule has 0 saturated carbocycles. The van der Waals surface area contributed by atoms with E-state index in [1.165, 1.54) is 0 Å². The highest BCUT2D eigenvalue weighted by Crippen LogP contribution is 2.11. The molecule has 0 atom stereocenters. The van der Waals surface area contributed by atoms with E-state index in [1.807, 2.05) is 0 Å². The van der Waals surface area contributed by atoms with Gasteiger partial charge in [-0.25, -0.2) is 4.79 Å². The molecule has 0 fully saturated rings. The zero-order valence-electron chi connectivity index (χ0n) is 7.11. The largest absolute Gasteiger partial charge is 0.478 e. The number of hydrogen-bond acceptors (Lipinski definition) is 2. The molecule has 1 N–H and O–H groups in total. The maximum atomic E-state index is 11.4. The van der Waals surface area contributed by atoms with Crippen molar-refractivity contribution in [1.29, 1.82) is 0 Å². The number of carboxylic acid groups (broad SMARTS) is 1. The number of carboxylic acids is 1. The van der Waals surface area contributed by atoms with Crippen LogP contribution in [-0.4, -0.2) is 16.9 Å². The smallest absolute Gasteiger partial charge is 0.329 e. The number of ketones is 1. The van der Waals surface area contributed by atoms with Gasteiger partial charge in [-0.3, -0.25) is 4.79 Å². The van der Waals surface area contributed by atoms with E-state index in [9.17, 15) is 9.59 Å². The lowest BCUT2D eigenvalue weighted by molar-refractivity contribution is -0.131. The molecular weight excluding hydrogens is 204 g/mol. The third-order valence-corrected chi connectivity index (χ3v) is 1.78. The van der Waals surface area contributed by atoms with Gasteiger partial charge in [0.25, 0.3) is 0 Å². The van der Waals surface area contributed by atoms with Crippen molar-refractivity contribution >= 4 is 23.4 Å². The number of hydrogen-bond donors (Lipinski definition) is 1. The quantitative estimate of drug-likeness (QED) is 0.614. The van der Waals surface area contributed by atoms with Gasteiger partial charge in [0.2, 0.25) is 5.78 Å². The van der Waals surface area contributed by atoms with E-state index in [0.717, 1.165) is 0 Å². The van der Waals surface area contributed by atoms with Gasteiger partial charge in [-0.1, -0.05) is 41.9 Å². The van der Waals surface area contributed by atoms with Gasteiger partial charge in [0, 0.05) is 11.6 Å². The number of carbonyl (C=O) groups excluding carboxylic acids is 1. The highest BCUT2D eigenvalue weighted by atomic mass is 35.5. The van der Waals surface area contributed by atoms with Crippen molar-refractivity contribution in [2.45, 2.75) is 0 Å². The zero-order valence-corrected chi connectivity index (χ0v) is 7.86. The van der Waals surface area contributed by atoms with Crippen molar-refractivity contribution in [2.24, 2.45) is 0 Å². The SMILES string of the molecule is O=C(O)/C=C(/Cl)C(=O)c1ccccc1. The summed E-state index contributed by atoms with van der Waals surface area (Å²) in [6.07, 6.45) is 0.677. The minimum absolute atomic E-state index is 0.302. The lowest BCUT2D eigenvalue weighted by Crippen LogP contribution is -2.01. The van der Waals surface area contributed by atoms with E-state index in [4.69, 9.17) is 16.7 Å². The summed E-state index contributed by atoms with van der Waals surface area (Å²) in [6, 6.07) is 8.25. The van der Waals surface area contributed by atoms with Crippen molar-refractivity contribution in [3.63, 3.8) is 0 Å². The number of carbonyl (C=O) groups is 2. The molecule has 0 aliphatic carbocycles. The molecule has 0 aliphatic heterocycles. The van der Waals surface area contributed by atoms with E-state index < -0.39 is 11.8 Å². The Morgan fingerprint density at radius 2 is 1.79 bits per heavy atom. The summed E-state index contributed by atoms with van der Waals surface area (Å²) in [4.78, 5) is 21.6. The minimum atomic E-state index is -1.24. The van der Waals surface area contributed by atoms with E-state index in [2.05, 4.69) is 0 Å². The lowest BCUT2D eigenvalue weighted by Gasteiger charge is -1.96. The van der Waals surface area contributed by atoms with Crippen LogP contribution in [0.25, 0.3) is 0 Å². The Morgan fingerprint density at radius 1 is 1.21 bits per heavy atom. The molecule has 0 amide bonds. The van der Waals surface area contributed by atoms with E-state index in [1.54, 1.807) is 30.3 Å². The first-order valence-electron chi connectivity index (χ1n) is 3.81. The number of halogens is 1. The molecule has 0 aliphatic rings. The first-order chi connectivity index (χ1) is 6.61. The molecule has 0 bridgehead atoms. The van der Waals surface area contributed by atoms with Gasteiger partial charge >= 0.3 is 5.97 Å². The number of aliphatic carboxylic acids is 1. The zero-order chi connectivity index (χ0) is 10.6. The van der Waals surface area contributed by atoms with Crippen LogP contribution in [0.5, 0.6) is 0 Å². The molecule has 0 heterocycles. The Morgan fingerprint density at radius 3 is 2.29 bits per heavy atom. The molecule has 0 spiro atoms. The second-order valence-corrected chi connectivity index (χ2v) is 2.93. The topological polar surface area (TPSA) is 54.4 Å². The fourth-order valence-corrected chi connectivity index (χ4v) is 1.10. The third kappa shape index (κ3) is 2.71. The molecule has 0 unspecified atom stereocenters. The monoisotopic (exact) mass is 210 g/mol. The van der Waals surface area contributed by atoms with Gasteiger partial charge in [-0.15, -0.1) is 0 Å². The van der Waals surface area contributed by atoms with Crippen LogP contribution >= 0.6 is 11.6 Å². The summed E-state index contributed by atoms with van der Waals surface area (Å²) in [5.41, 5.74) is 0.370. The number of benzene rings is 1. The highest BCUT2D eigenvalue weighted by molar-refractivity contribution is 6.46. The first-order valence-corrected chi connectivity index (χ1v) is 4.19. The van der Waals surface area contributed by atoms with Crippen molar-refractivity contribution in [2.75, 3.05) is 0 Å². The van der Waals surface area contributed by atoms with Crippen molar-refractivity contribution < 1.29 is 14.7 Å². The first kappa shape index (κ1) is 10.5. The molecular formula is C10H7ClO3. The van der Waals surface area contributed by atoms with Crippen LogP contribution in [0, 0.1) is 0 Å². The fraction of sp³-hybridized carbons (Fsp3) is 0. The Bertz CT molecular complexity index is 382. The van der Waals surface area contributed by atoms with Gasteiger partial charge in [-0.2, -0.15) is 0 Å². The van der Waals surface area contributed by atoms with Crippen LogP contribution in [0.1, 0.15) is 10.4 Å². The molecule has 0 radical (unpaired) electrons. The summed E-state index contributed by atoms with van der Waals surface area (Å²) < 4.78 is 0. The second kappa shape index (κ2) is 4.58. The van der Waals surface area contributed by atoms with E-state index in [-0.39, 0.29) is 5.03 Å². The van der Waals surface area contributed by atoms with Crippen LogP contribution in [0.4, 0.5) is 0 Å². The van der Waals surface area contributed by atoms with Crippen LogP contribution < -0.4 is 0 Å². The average molecular weight is 211 g/mol. The van der Waals surface area contributed by atoms with Gasteiger partial charge in [0.05, 0.1) is 5.03 Å². The van der Waals surface area contributed by atoms with Gasteiger partial charge in [0.1, 0.15) is 0 Å². The molecule has 0 saturated heterocycles.